The maximum absolute atomic E-state index is 13.8. The zero-order valence-electron chi connectivity index (χ0n) is 9.26. The fraction of sp³-hybridized carbons (Fsp3) is 0.556. The van der Waals surface area contributed by atoms with Gasteiger partial charge in [0.1, 0.15) is 18.0 Å². The lowest BCUT2D eigenvalue weighted by atomic mass is 10.1. The Kier molecular flexibility index (Phi) is 3.69. The highest BCUT2D eigenvalue weighted by Crippen LogP contribution is 2.42. The summed E-state index contributed by atoms with van der Waals surface area (Å²) in [6.45, 7) is 0. The van der Waals surface area contributed by atoms with Gasteiger partial charge in [0.2, 0.25) is 6.23 Å². The Morgan fingerprint density at radius 1 is 1.63 bits per heavy atom. The second-order valence-corrected chi connectivity index (χ2v) is 4.68. The van der Waals surface area contributed by atoms with E-state index in [1.54, 1.807) is 0 Å². The van der Waals surface area contributed by atoms with E-state index in [1.165, 1.54) is 0 Å². The molecule has 1 aromatic heterocycles. The van der Waals surface area contributed by atoms with Gasteiger partial charge in [0.15, 0.2) is 0 Å². The Morgan fingerprint density at radius 3 is 2.79 bits per heavy atom. The SMILES string of the molecule is Nc1nc(=O)n([C@@H]2O[C@H](CCl)[C@@H](O)C2(F)F)cc1Cl. The monoisotopic (exact) mass is 315 g/mol. The van der Waals surface area contributed by atoms with Gasteiger partial charge in [-0.15, -0.1) is 11.6 Å². The van der Waals surface area contributed by atoms with Crippen molar-refractivity contribution in [1.82, 2.24) is 9.55 Å². The van der Waals surface area contributed by atoms with E-state index in [-0.39, 0.29) is 16.7 Å². The molecule has 2 heterocycles. The Hall–Kier alpha value is -0.960. The van der Waals surface area contributed by atoms with Crippen LogP contribution in [-0.4, -0.2) is 38.7 Å². The number of aromatic nitrogens is 2. The van der Waals surface area contributed by atoms with Crippen molar-refractivity contribution in [2.75, 3.05) is 11.6 Å². The van der Waals surface area contributed by atoms with Crippen molar-refractivity contribution in [2.45, 2.75) is 24.4 Å². The zero-order valence-corrected chi connectivity index (χ0v) is 10.8. The second kappa shape index (κ2) is 4.86. The number of rotatable bonds is 2. The standard InChI is InChI=1S/C9H9Cl2F2N3O3/c10-1-4-5(17)9(12,13)7(19-4)16-2-3(11)6(14)15-8(16)18/h2,4-5,7,17H,1H2,(H2,14,15,18)/t4-,5-,7-/m1/s1. The van der Waals surface area contributed by atoms with Gasteiger partial charge in [-0.1, -0.05) is 11.6 Å². The lowest BCUT2D eigenvalue weighted by molar-refractivity contribution is -0.140. The van der Waals surface area contributed by atoms with Gasteiger partial charge in [-0.25, -0.2) is 4.79 Å². The Labute approximate surface area is 115 Å². The molecule has 0 saturated carbocycles. The van der Waals surface area contributed by atoms with Crippen LogP contribution in [0.25, 0.3) is 0 Å². The normalized spacial score (nSPS) is 29.6. The first-order chi connectivity index (χ1) is 8.78. The van der Waals surface area contributed by atoms with Gasteiger partial charge in [-0.05, 0) is 0 Å². The summed E-state index contributed by atoms with van der Waals surface area (Å²) in [6.07, 6.45) is -4.58. The summed E-state index contributed by atoms with van der Waals surface area (Å²) in [5.74, 6) is -4.33. The van der Waals surface area contributed by atoms with Gasteiger partial charge in [0.05, 0.1) is 10.9 Å². The third-order valence-corrected chi connectivity index (χ3v) is 3.31. The quantitative estimate of drug-likeness (QED) is 0.780. The van der Waals surface area contributed by atoms with Crippen LogP contribution in [0.3, 0.4) is 0 Å². The largest absolute Gasteiger partial charge is 0.384 e. The number of anilines is 1. The highest BCUT2D eigenvalue weighted by atomic mass is 35.5. The van der Waals surface area contributed by atoms with E-state index >= 15 is 0 Å². The summed E-state index contributed by atoms with van der Waals surface area (Å²) in [7, 11) is 0. The molecule has 3 atom stereocenters. The van der Waals surface area contributed by atoms with Crippen molar-refractivity contribution in [2.24, 2.45) is 0 Å². The molecule has 0 bridgehead atoms. The zero-order chi connectivity index (χ0) is 14.4. The number of nitrogens with zero attached hydrogens (tertiary/aromatic N) is 2. The molecule has 0 radical (unpaired) electrons. The predicted octanol–water partition coefficient (Wildman–Crippen LogP) is 0.611. The van der Waals surface area contributed by atoms with Crippen molar-refractivity contribution >= 4 is 29.0 Å². The topological polar surface area (TPSA) is 90.4 Å². The van der Waals surface area contributed by atoms with E-state index in [0.29, 0.717) is 4.57 Å². The van der Waals surface area contributed by atoms with Gasteiger partial charge < -0.3 is 15.6 Å². The summed E-state index contributed by atoms with van der Waals surface area (Å²) in [6, 6.07) is 0. The molecule has 1 aliphatic heterocycles. The van der Waals surface area contributed by atoms with Crippen LogP contribution in [0.15, 0.2) is 11.0 Å². The molecule has 0 amide bonds. The highest BCUT2D eigenvalue weighted by molar-refractivity contribution is 6.32. The molecule has 0 unspecified atom stereocenters. The minimum absolute atomic E-state index is 0.178. The smallest absolute Gasteiger partial charge is 0.351 e. The summed E-state index contributed by atoms with van der Waals surface area (Å²) < 4.78 is 33.1. The lowest BCUT2D eigenvalue weighted by Gasteiger charge is -2.21. The Balaban J connectivity index is 2.48. The van der Waals surface area contributed by atoms with Gasteiger partial charge in [-0.3, -0.25) is 4.57 Å². The van der Waals surface area contributed by atoms with Crippen LogP contribution in [0, 0.1) is 0 Å². The molecule has 3 N–H and O–H groups in total. The lowest BCUT2D eigenvalue weighted by Crippen LogP contribution is -2.41. The molecule has 6 nitrogen and oxygen atoms in total. The van der Waals surface area contributed by atoms with Crippen molar-refractivity contribution in [3.05, 3.63) is 21.7 Å². The van der Waals surface area contributed by atoms with E-state index in [1.807, 2.05) is 0 Å². The fourth-order valence-corrected chi connectivity index (χ4v) is 2.11. The van der Waals surface area contributed by atoms with Crippen LogP contribution in [0.5, 0.6) is 0 Å². The predicted molar refractivity (Wildman–Crippen MR) is 63.5 cm³/mol. The molecule has 0 aliphatic carbocycles. The van der Waals surface area contributed by atoms with E-state index in [9.17, 15) is 18.7 Å². The summed E-state index contributed by atoms with van der Waals surface area (Å²) in [5.41, 5.74) is 4.22. The third kappa shape index (κ3) is 2.29. The number of hydrogen-bond donors (Lipinski definition) is 2. The van der Waals surface area contributed by atoms with Gasteiger partial charge >= 0.3 is 11.6 Å². The number of hydrogen-bond acceptors (Lipinski definition) is 5. The Bertz CT molecular complexity index is 554. The number of nitrogen functional groups attached to an aromatic ring is 1. The molecule has 1 saturated heterocycles. The number of aliphatic hydroxyl groups is 1. The van der Waals surface area contributed by atoms with E-state index in [0.717, 1.165) is 6.20 Å². The minimum atomic E-state index is -3.70. The summed E-state index contributed by atoms with van der Waals surface area (Å²) in [4.78, 5) is 14.8. The maximum Gasteiger partial charge on any atom is 0.351 e. The average molecular weight is 316 g/mol. The number of alkyl halides is 3. The average Bonchev–Trinajstić information content (AvgIpc) is 2.56. The fourth-order valence-electron chi connectivity index (χ4n) is 1.72. The molecule has 1 aliphatic rings. The van der Waals surface area contributed by atoms with Crippen molar-refractivity contribution in [3.63, 3.8) is 0 Å². The first-order valence-corrected chi connectivity index (χ1v) is 6.01. The van der Waals surface area contributed by atoms with Crippen LogP contribution in [0.4, 0.5) is 14.6 Å². The molecule has 1 aromatic rings. The molecule has 10 heteroatoms. The number of aliphatic hydroxyl groups excluding tert-OH is 1. The first-order valence-electron chi connectivity index (χ1n) is 5.10. The van der Waals surface area contributed by atoms with Crippen LogP contribution in [-0.2, 0) is 4.74 Å². The molecule has 106 valence electrons. The highest BCUT2D eigenvalue weighted by Gasteiger charge is 2.59. The molecule has 2 rings (SSSR count). The number of nitrogens with two attached hydrogens (primary N) is 1. The molecule has 1 fully saturated rings. The van der Waals surface area contributed by atoms with Gasteiger partial charge in [0, 0.05) is 6.20 Å². The van der Waals surface area contributed by atoms with Crippen LogP contribution in [0.2, 0.25) is 5.02 Å². The van der Waals surface area contributed by atoms with E-state index in [4.69, 9.17) is 33.7 Å². The van der Waals surface area contributed by atoms with Crippen LogP contribution >= 0.6 is 23.2 Å². The summed E-state index contributed by atoms with van der Waals surface area (Å²) in [5, 5.41) is 9.23. The molecular weight excluding hydrogens is 307 g/mol. The maximum atomic E-state index is 13.8. The van der Waals surface area contributed by atoms with Gasteiger partial charge in [0.25, 0.3) is 0 Å². The second-order valence-electron chi connectivity index (χ2n) is 3.96. The van der Waals surface area contributed by atoms with E-state index < -0.39 is 30.0 Å². The number of ether oxygens (including phenoxy) is 1. The molecule has 0 spiro atoms. The van der Waals surface area contributed by atoms with Crippen molar-refractivity contribution < 1.29 is 18.6 Å². The van der Waals surface area contributed by atoms with Crippen molar-refractivity contribution in [3.8, 4) is 0 Å². The minimum Gasteiger partial charge on any atom is -0.384 e. The van der Waals surface area contributed by atoms with Crippen LogP contribution in [0.1, 0.15) is 6.23 Å². The molecule has 0 aromatic carbocycles. The van der Waals surface area contributed by atoms with E-state index in [2.05, 4.69) is 4.98 Å². The third-order valence-electron chi connectivity index (χ3n) is 2.72. The number of halogens is 4. The first kappa shape index (κ1) is 14.4. The Morgan fingerprint density at radius 2 is 2.26 bits per heavy atom. The van der Waals surface area contributed by atoms with Gasteiger partial charge in [-0.2, -0.15) is 13.8 Å². The summed E-state index contributed by atoms with van der Waals surface area (Å²) >= 11 is 11.0. The van der Waals surface area contributed by atoms with Crippen LogP contribution < -0.4 is 11.4 Å². The molecule has 19 heavy (non-hydrogen) atoms. The molecular formula is C9H9Cl2F2N3O3. The van der Waals surface area contributed by atoms with Crippen molar-refractivity contribution in [1.29, 1.82) is 0 Å².